The maximum atomic E-state index is 12.3. The van der Waals surface area contributed by atoms with Gasteiger partial charge in [-0.1, -0.05) is 107 Å². The van der Waals surface area contributed by atoms with Crippen molar-refractivity contribution in [3.63, 3.8) is 0 Å². The van der Waals surface area contributed by atoms with Gasteiger partial charge in [-0.2, -0.15) is 0 Å². The van der Waals surface area contributed by atoms with Crippen LogP contribution in [0, 0.1) is 11.3 Å². The second kappa shape index (κ2) is 13.0. The van der Waals surface area contributed by atoms with E-state index in [4.69, 9.17) is 4.98 Å². The van der Waals surface area contributed by atoms with Crippen LogP contribution in [0.4, 0.5) is 0 Å². The zero-order valence-corrected chi connectivity index (χ0v) is 22.8. The number of hydrogen-bond donors (Lipinski definition) is 1. The van der Waals surface area contributed by atoms with Crippen LogP contribution in [0.5, 0.6) is 0 Å². The third-order valence-corrected chi connectivity index (χ3v) is 6.91. The summed E-state index contributed by atoms with van der Waals surface area (Å²) in [4.78, 5) is 17.5. The number of carbonyl (C=O) groups is 1. The highest BCUT2D eigenvalue weighted by atomic mass is 32.2. The van der Waals surface area contributed by atoms with Gasteiger partial charge in [0.15, 0.2) is 5.16 Å². The molecule has 1 heterocycles. The molecule has 1 amide bonds. The molecule has 0 saturated carbocycles. The molecular weight excluding hydrogens is 450 g/mol. The van der Waals surface area contributed by atoms with Crippen LogP contribution in [0.3, 0.4) is 0 Å². The molecule has 188 valence electrons. The van der Waals surface area contributed by atoms with E-state index in [1.165, 1.54) is 11.3 Å². The van der Waals surface area contributed by atoms with E-state index in [1.54, 1.807) is 11.8 Å². The first-order valence-electron chi connectivity index (χ1n) is 12.9. The third kappa shape index (κ3) is 8.28. The molecule has 2 aromatic carbocycles. The first-order valence-corrected chi connectivity index (χ1v) is 13.9. The van der Waals surface area contributed by atoms with Crippen molar-refractivity contribution in [1.82, 2.24) is 14.9 Å². The zero-order chi connectivity index (χ0) is 25.3. The maximum Gasteiger partial charge on any atom is 0.220 e. The molecule has 1 N–H and O–H groups in total. The summed E-state index contributed by atoms with van der Waals surface area (Å²) in [5.41, 5.74) is 4.81. The molecule has 1 atom stereocenters. The summed E-state index contributed by atoms with van der Waals surface area (Å²) in [7, 11) is 0. The minimum absolute atomic E-state index is 0.164. The Bertz CT molecular complexity index is 1050. The molecule has 5 heteroatoms. The number of amides is 1. The molecule has 3 rings (SSSR count). The number of benzene rings is 2. The molecule has 3 aromatic rings. The van der Waals surface area contributed by atoms with E-state index in [-0.39, 0.29) is 11.3 Å². The Kier molecular flexibility index (Phi) is 10.0. The largest absolute Gasteiger partial charge is 0.356 e. The van der Waals surface area contributed by atoms with Crippen molar-refractivity contribution in [2.75, 3.05) is 12.3 Å². The molecule has 0 aliphatic carbocycles. The van der Waals surface area contributed by atoms with Gasteiger partial charge in [0.1, 0.15) is 0 Å². The van der Waals surface area contributed by atoms with Gasteiger partial charge in [-0.3, -0.25) is 4.79 Å². The smallest absolute Gasteiger partial charge is 0.220 e. The van der Waals surface area contributed by atoms with E-state index in [1.807, 2.05) is 6.07 Å². The predicted octanol–water partition coefficient (Wildman–Crippen LogP) is 7.69. The van der Waals surface area contributed by atoms with Crippen molar-refractivity contribution in [2.24, 2.45) is 11.3 Å². The van der Waals surface area contributed by atoms with Gasteiger partial charge in [-0.15, -0.1) is 0 Å². The fourth-order valence-electron chi connectivity index (χ4n) is 4.63. The number of carbonyl (C=O) groups excluding carboxylic acids is 1. The second-order valence-electron chi connectivity index (χ2n) is 10.6. The van der Waals surface area contributed by atoms with Crippen LogP contribution < -0.4 is 5.32 Å². The number of nitrogens with one attached hydrogen (secondary N) is 1. The quantitative estimate of drug-likeness (QED) is 0.209. The monoisotopic (exact) mass is 491 g/mol. The highest BCUT2D eigenvalue weighted by Crippen LogP contribution is 2.36. The Hall–Kier alpha value is -2.53. The van der Waals surface area contributed by atoms with E-state index in [2.05, 4.69) is 99.1 Å². The minimum Gasteiger partial charge on any atom is -0.356 e. The molecule has 0 fully saturated rings. The van der Waals surface area contributed by atoms with E-state index in [9.17, 15) is 4.79 Å². The van der Waals surface area contributed by atoms with Crippen molar-refractivity contribution >= 4 is 17.7 Å². The molecule has 1 unspecified atom stereocenters. The zero-order valence-electron chi connectivity index (χ0n) is 22.0. The van der Waals surface area contributed by atoms with Crippen LogP contribution >= 0.6 is 11.8 Å². The van der Waals surface area contributed by atoms with Gasteiger partial charge < -0.3 is 9.88 Å². The Morgan fingerprint density at radius 2 is 1.66 bits per heavy atom. The molecular formula is C30H41N3OS. The summed E-state index contributed by atoms with van der Waals surface area (Å²) in [6.07, 6.45) is 3.63. The first-order chi connectivity index (χ1) is 16.8. The average molecular weight is 492 g/mol. The first kappa shape index (κ1) is 27.1. The summed E-state index contributed by atoms with van der Waals surface area (Å²) in [5, 5.41) is 4.16. The summed E-state index contributed by atoms with van der Waals surface area (Å²) in [6, 6.07) is 21.0. The Balaban J connectivity index is 1.66. The number of aromatic nitrogens is 2. The maximum absolute atomic E-state index is 12.3. The highest BCUT2D eigenvalue weighted by Gasteiger charge is 2.20. The number of thioether (sulfide) groups is 1. The molecule has 1 aromatic heterocycles. The van der Waals surface area contributed by atoms with Crippen LogP contribution in [-0.2, 0) is 11.3 Å². The van der Waals surface area contributed by atoms with Crippen LogP contribution in [0.15, 0.2) is 65.8 Å². The van der Waals surface area contributed by atoms with Crippen molar-refractivity contribution in [3.8, 4) is 22.5 Å². The molecule has 0 bridgehead atoms. The molecule has 0 saturated heterocycles. The highest BCUT2D eigenvalue weighted by molar-refractivity contribution is 7.99. The molecule has 4 nitrogen and oxygen atoms in total. The second-order valence-corrected chi connectivity index (χ2v) is 11.7. The van der Waals surface area contributed by atoms with Gasteiger partial charge in [0.05, 0.1) is 11.4 Å². The standard InChI is InChI=1S/C30H41N3OS/c1-6-19-33-28(25-16-11-8-12-17-25)27(24-14-9-7-10-15-24)32-29(33)35-20-13-18-31-26(34)21-23(2)22-30(3,4)5/h7-12,14-17,23H,6,13,18-22H2,1-5H3,(H,31,34). The van der Waals surface area contributed by atoms with E-state index < -0.39 is 0 Å². The van der Waals surface area contributed by atoms with E-state index in [0.29, 0.717) is 18.9 Å². The SMILES string of the molecule is CCCn1c(SCCCNC(=O)CC(C)CC(C)(C)C)nc(-c2ccccc2)c1-c1ccccc1. The van der Waals surface area contributed by atoms with Crippen molar-refractivity contribution in [1.29, 1.82) is 0 Å². The van der Waals surface area contributed by atoms with Gasteiger partial charge >= 0.3 is 0 Å². The van der Waals surface area contributed by atoms with Crippen LogP contribution in [0.25, 0.3) is 22.5 Å². The van der Waals surface area contributed by atoms with Gasteiger partial charge in [-0.05, 0) is 30.6 Å². The van der Waals surface area contributed by atoms with Gasteiger partial charge in [0.2, 0.25) is 5.91 Å². The van der Waals surface area contributed by atoms with Crippen molar-refractivity contribution in [2.45, 2.75) is 72.0 Å². The third-order valence-electron chi connectivity index (χ3n) is 5.84. The number of rotatable bonds is 12. The van der Waals surface area contributed by atoms with Crippen molar-refractivity contribution in [3.05, 3.63) is 60.7 Å². The average Bonchev–Trinajstić information content (AvgIpc) is 3.17. The predicted molar refractivity (Wildman–Crippen MR) is 150 cm³/mol. The molecule has 0 radical (unpaired) electrons. The van der Waals surface area contributed by atoms with E-state index in [0.717, 1.165) is 48.0 Å². The summed E-state index contributed by atoms with van der Waals surface area (Å²) >= 11 is 1.79. The summed E-state index contributed by atoms with van der Waals surface area (Å²) in [5.74, 6) is 1.48. The van der Waals surface area contributed by atoms with E-state index >= 15 is 0 Å². The minimum atomic E-state index is 0.164. The number of imidazole rings is 1. The van der Waals surface area contributed by atoms with Gasteiger partial charge in [-0.25, -0.2) is 4.98 Å². The lowest BCUT2D eigenvalue weighted by molar-refractivity contribution is -0.122. The number of nitrogens with zero attached hydrogens (tertiary/aromatic N) is 2. The van der Waals surface area contributed by atoms with Gasteiger partial charge in [0.25, 0.3) is 0 Å². The molecule has 0 aliphatic heterocycles. The molecule has 35 heavy (non-hydrogen) atoms. The normalized spacial score (nSPS) is 12.5. The summed E-state index contributed by atoms with van der Waals surface area (Å²) < 4.78 is 2.37. The Morgan fingerprint density at radius 1 is 1.03 bits per heavy atom. The Morgan fingerprint density at radius 3 is 2.26 bits per heavy atom. The van der Waals surface area contributed by atoms with Crippen LogP contribution in [-0.4, -0.2) is 27.8 Å². The lowest BCUT2D eigenvalue weighted by atomic mass is 9.84. The summed E-state index contributed by atoms with van der Waals surface area (Å²) in [6.45, 7) is 12.7. The lowest BCUT2D eigenvalue weighted by Gasteiger charge is -2.22. The Labute approximate surface area is 215 Å². The van der Waals surface area contributed by atoms with Crippen molar-refractivity contribution < 1.29 is 4.79 Å². The molecule has 0 aliphatic rings. The molecule has 0 spiro atoms. The van der Waals surface area contributed by atoms with Gasteiger partial charge in [0, 0.05) is 36.4 Å². The number of hydrogen-bond acceptors (Lipinski definition) is 3. The fraction of sp³-hybridized carbons (Fsp3) is 0.467. The fourth-order valence-corrected chi connectivity index (χ4v) is 5.59. The topological polar surface area (TPSA) is 46.9 Å². The van der Waals surface area contributed by atoms with Crippen LogP contribution in [0.1, 0.15) is 60.3 Å². The lowest BCUT2D eigenvalue weighted by Crippen LogP contribution is -2.27. The van der Waals surface area contributed by atoms with Crippen LogP contribution in [0.2, 0.25) is 0 Å².